The lowest BCUT2D eigenvalue weighted by molar-refractivity contribution is -0.118. The number of amides is 1. The average Bonchev–Trinajstić information content (AvgIpc) is 3.41. The molecule has 2 aliphatic rings. The zero-order valence-corrected chi connectivity index (χ0v) is 16.7. The first-order valence-electron chi connectivity index (χ1n) is 9.67. The molecule has 0 bridgehead atoms. The standard InChI is InChI=1S/C22H25BFNO3/c1-20(2)21(3,4)28-23(27-20)16-10-11-18(17(24)14-16)25-19(26)22(12-13-22)15-8-6-5-7-9-15/h5-11,14H,12-13H2,1-4H3,(H,25,26). The molecule has 0 aromatic heterocycles. The van der Waals surface area contributed by atoms with E-state index in [4.69, 9.17) is 9.31 Å². The van der Waals surface area contributed by atoms with Crippen molar-refractivity contribution in [1.29, 1.82) is 0 Å². The molecule has 1 aliphatic heterocycles. The molecule has 2 fully saturated rings. The number of carbonyl (C=O) groups excluding carboxylic acids is 1. The van der Waals surface area contributed by atoms with Crippen LogP contribution in [0.4, 0.5) is 10.1 Å². The van der Waals surface area contributed by atoms with Crippen molar-refractivity contribution in [2.75, 3.05) is 5.32 Å². The summed E-state index contributed by atoms with van der Waals surface area (Å²) in [6, 6.07) is 14.4. The van der Waals surface area contributed by atoms with E-state index in [9.17, 15) is 9.18 Å². The van der Waals surface area contributed by atoms with Gasteiger partial charge in [-0.15, -0.1) is 0 Å². The molecule has 0 spiro atoms. The van der Waals surface area contributed by atoms with Crippen molar-refractivity contribution in [1.82, 2.24) is 0 Å². The second-order valence-electron chi connectivity index (χ2n) is 8.73. The van der Waals surface area contributed by atoms with Gasteiger partial charge in [0, 0.05) is 0 Å². The van der Waals surface area contributed by atoms with Crippen molar-refractivity contribution in [3.63, 3.8) is 0 Å². The zero-order chi connectivity index (χ0) is 20.2. The van der Waals surface area contributed by atoms with Crippen molar-refractivity contribution in [3.05, 3.63) is 59.9 Å². The molecule has 0 unspecified atom stereocenters. The molecule has 1 saturated heterocycles. The molecule has 4 rings (SSSR count). The molecule has 6 heteroatoms. The number of benzene rings is 2. The maximum absolute atomic E-state index is 14.7. The Kier molecular flexibility index (Phi) is 4.40. The molecule has 1 amide bonds. The topological polar surface area (TPSA) is 47.6 Å². The summed E-state index contributed by atoms with van der Waals surface area (Å²) in [5, 5.41) is 2.77. The summed E-state index contributed by atoms with van der Waals surface area (Å²) in [5.41, 5.74) is 0.218. The van der Waals surface area contributed by atoms with Crippen molar-refractivity contribution in [2.24, 2.45) is 0 Å². The van der Waals surface area contributed by atoms with Gasteiger partial charge in [-0.25, -0.2) is 4.39 Å². The highest BCUT2D eigenvalue weighted by atomic mass is 19.1. The molecule has 2 aromatic carbocycles. The van der Waals surface area contributed by atoms with E-state index in [1.165, 1.54) is 6.07 Å². The van der Waals surface area contributed by atoms with E-state index in [0.29, 0.717) is 5.46 Å². The average molecular weight is 381 g/mol. The van der Waals surface area contributed by atoms with Gasteiger partial charge < -0.3 is 14.6 Å². The number of halogens is 1. The van der Waals surface area contributed by atoms with E-state index < -0.39 is 29.6 Å². The third-order valence-electron chi connectivity index (χ3n) is 6.28. The number of carbonyl (C=O) groups is 1. The van der Waals surface area contributed by atoms with Crippen LogP contribution in [0, 0.1) is 5.82 Å². The van der Waals surface area contributed by atoms with Crippen LogP contribution in [0.15, 0.2) is 48.5 Å². The summed E-state index contributed by atoms with van der Waals surface area (Å²) in [7, 11) is -0.636. The van der Waals surface area contributed by atoms with Crippen LogP contribution in [0.25, 0.3) is 0 Å². The van der Waals surface area contributed by atoms with E-state index in [1.54, 1.807) is 12.1 Å². The normalized spacial score (nSPS) is 21.4. The van der Waals surface area contributed by atoms with Gasteiger partial charge >= 0.3 is 7.12 Å². The van der Waals surface area contributed by atoms with Crippen molar-refractivity contribution in [3.8, 4) is 0 Å². The van der Waals surface area contributed by atoms with Gasteiger partial charge in [0.15, 0.2) is 0 Å². The predicted molar refractivity (Wildman–Crippen MR) is 108 cm³/mol. The van der Waals surface area contributed by atoms with Crippen LogP contribution in [0.1, 0.15) is 46.1 Å². The number of hydrogen-bond donors (Lipinski definition) is 1. The third-order valence-corrected chi connectivity index (χ3v) is 6.28. The number of hydrogen-bond acceptors (Lipinski definition) is 3. The Bertz CT molecular complexity index is 893. The summed E-state index contributed by atoms with van der Waals surface area (Å²) in [6.45, 7) is 7.82. The van der Waals surface area contributed by atoms with E-state index in [-0.39, 0.29) is 11.6 Å². The van der Waals surface area contributed by atoms with Crippen LogP contribution in [-0.4, -0.2) is 24.2 Å². The van der Waals surface area contributed by atoms with Crippen LogP contribution >= 0.6 is 0 Å². The van der Waals surface area contributed by atoms with Crippen LogP contribution < -0.4 is 10.8 Å². The molecular weight excluding hydrogens is 356 g/mol. The summed E-state index contributed by atoms with van der Waals surface area (Å²) in [6.07, 6.45) is 1.55. The van der Waals surface area contributed by atoms with E-state index in [1.807, 2.05) is 58.0 Å². The molecule has 146 valence electrons. The van der Waals surface area contributed by atoms with Gasteiger partial charge in [-0.3, -0.25) is 4.79 Å². The van der Waals surface area contributed by atoms with Crippen LogP contribution in [0.3, 0.4) is 0 Å². The minimum Gasteiger partial charge on any atom is -0.399 e. The largest absolute Gasteiger partial charge is 0.494 e. The molecule has 1 aliphatic carbocycles. The second kappa shape index (κ2) is 6.43. The van der Waals surface area contributed by atoms with Crippen LogP contribution in [-0.2, 0) is 19.5 Å². The lowest BCUT2D eigenvalue weighted by Gasteiger charge is -2.32. The van der Waals surface area contributed by atoms with E-state index in [0.717, 1.165) is 18.4 Å². The fraction of sp³-hybridized carbons (Fsp3) is 0.409. The Balaban J connectivity index is 1.51. The SMILES string of the molecule is CC1(C)OB(c2ccc(NC(=O)C3(c4ccccc4)CC3)c(F)c2)OC1(C)C. The van der Waals surface area contributed by atoms with Crippen LogP contribution in [0.5, 0.6) is 0 Å². The van der Waals surface area contributed by atoms with Gasteiger partial charge in [-0.2, -0.15) is 0 Å². The Morgan fingerprint density at radius 3 is 2.14 bits per heavy atom. The van der Waals surface area contributed by atoms with Crippen molar-refractivity contribution >= 4 is 24.2 Å². The quantitative estimate of drug-likeness (QED) is 0.820. The molecule has 0 radical (unpaired) electrons. The van der Waals surface area contributed by atoms with Gasteiger partial charge in [0.2, 0.25) is 5.91 Å². The Morgan fingerprint density at radius 1 is 1.00 bits per heavy atom. The fourth-order valence-electron chi connectivity index (χ4n) is 3.53. The first-order chi connectivity index (χ1) is 13.1. The van der Waals surface area contributed by atoms with Gasteiger partial charge in [-0.1, -0.05) is 36.4 Å². The summed E-state index contributed by atoms with van der Waals surface area (Å²) in [5.74, 6) is -0.662. The summed E-state index contributed by atoms with van der Waals surface area (Å²) < 4.78 is 26.7. The van der Waals surface area contributed by atoms with Gasteiger partial charge in [0.1, 0.15) is 5.82 Å². The number of rotatable bonds is 4. The Morgan fingerprint density at radius 2 is 1.61 bits per heavy atom. The minimum atomic E-state index is -0.636. The Hall–Kier alpha value is -2.18. The molecule has 1 N–H and O–H groups in total. The van der Waals surface area contributed by atoms with Crippen molar-refractivity contribution < 1.29 is 18.5 Å². The number of anilines is 1. The molecule has 1 saturated carbocycles. The fourth-order valence-corrected chi connectivity index (χ4v) is 3.53. The minimum absolute atomic E-state index is 0.166. The third kappa shape index (κ3) is 3.14. The maximum atomic E-state index is 14.7. The highest BCUT2D eigenvalue weighted by Gasteiger charge is 2.52. The molecule has 4 nitrogen and oxygen atoms in total. The highest BCUT2D eigenvalue weighted by Crippen LogP contribution is 2.49. The molecule has 2 aromatic rings. The predicted octanol–water partition coefficient (Wildman–Crippen LogP) is 3.80. The van der Waals surface area contributed by atoms with E-state index >= 15 is 0 Å². The summed E-state index contributed by atoms with van der Waals surface area (Å²) >= 11 is 0. The highest BCUT2D eigenvalue weighted by molar-refractivity contribution is 6.62. The van der Waals surface area contributed by atoms with Gasteiger partial charge in [0.05, 0.1) is 22.3 Å². The lowest BCUT2D eigenvalue weighted by atomic mass is 9.79. The molecule has 1 heterocycles. The molecule has 0 atom stereocenters. The zero-order valence-electron chi connectivity index (χ0n) is 16.7. The summed E-state index contributed by atoms with van der Waals surface area (Å²) in [4.78, 5) is 12.8. The molecule has 28 heavy (non-hydrogen) atoms. The van der Waals surface area contributed by atoms with Gasteiger partial charge in [-0.05, 0) is 63.7 Å². The lowest BCUT2D eigenvalue weighted by Crippen LogP contribution is -2.41. The van der Waals surface area contributed by atoms with Crippen LogP contribution in [0.2, 0.25) is 0 Å². The second-order valence-corrected chi connectivity index (χ2v) is 8.73. The van der Waals surface area contributed by atoms with Crippen molar-refractivity contribution in [2.45, 2.75) is 57.2 Å². The number of nitrogens with one attached hydrogen (secondary N) is 1. The Labute approximate surface area is 165 Å². The first kappa shape index (κ1) is 19.2. The van der Waals surface area contributed by atoms with E-state index in [2.05, 4.69) is 5.32 Å². The monoisotopic (exact) mass is 381 g/mol. The van der Waals surface area contributed by atoms with Gasteiger partial charge in [0.25, 0.3) is 0 Å². The maximum Gasteiger partial charge on any atom is 0.494 e. The first-order valence-corrected chi connectivity index (χ1v) is 9.67. The smallest absolute Gasteiger partial charge is 0.399 e. The molecular formula is C22H25BFNO3.